The molecule has 0 radical (unpaired) electrons. The highest BCUT2D eigenvalue weighted by Gasteiger charge is 2.26. The summed E-state index contributed by atoms with van der Waals surface area (Å²) in [6.45, 7) is 1.23. The van der Waals surface area contributed by atoms with Gasteiger partial charge in [-0.2, -0.15) is 4.98 Å². The number of piperidine rings is 1. The quantitative estimate of drug-likeness (QED) is 0.314. The third-order valence-electron chi connectivity index (χ3n) is 7.26. The molecular weight excluding hydrogens is 509 g/mol. The first-order chi connectivity index (χ1) is 19.6. The number of carbonyl (C=O) groups is 1. The standard InChI is InChI=1S/C30H24FN7O2/c31-21-8-6-20(7-9-21)26-27(38-17-18-40-30(38)36-26)24-10-14-33-29(35-24)34-22-11-15-37(16-12-22)28(39)23-5-1-3-19-4-2-13-32-25(19)23/h1-10,13-14,17-18,22H,11-12,15-16H2,(H,33,34,35). The number of amides is 1. The van der Waals surface area contributed by atoms with Crippen molar-refractivity contribution in [2.75, 3.05) is 18.4 Å². The maximum Gasteiger partial charge on any atom is 0.306 e. The molecule has 198 valence electrons. The fourth-order valence-corrected chi connectivity index (χ4v) is 5.26. The number of benzene rings is 2. The molecule has 1 saturated heterocycles. The minimum Gasteiger partial charge on any atom is -0.432 e. The predicted octanol–water partition coefficient (Wildman–Crippen LogP) is 5.46. The van der Waals surface area contributed by atoms with Crippen LogP contribution >= 0.6 is 0 Å². The van der Waals surface area contributed by atoms with E-state index < -0.39 is 0 Å². The van der Waals surface area contributed by atoms with Crippen LogP contribution in [0.2, 0.25) is 0 Å². The summed E-state index contributed by atoms with van der Waals surface area (Å²) in [7, 11) is 0. The summed E-state index contributed by atoms with van der Waals surface area (Å²) in [5, 5.41) is 4.40. The van der Waals surface area contributed by atoms with Crippen molar-refractivity contribution in [3.8, 4) is 22.6 Å². The number of carbonyl (C=O) groups excluding carboxylic acids is 1. The molecule has 1 N–H and O–H groups in total. The number of aromatic nitrogens is 5. The highest BCUT2D eigenvalue weighted by molar-refractivity contribution is 6.05. The third-order valence-corrected chi connectivity index (χ3v) is 7.26. The third kappa shape index (κ3) is 4.33. The molecule has 0 unspecified atom stereocenters. The van der Waals surface area contributed by atoms with Gasteiger partial charge in [-0.15, -0.1) is 0 Å². The lowest BCUT2D eigenvalue weighted by Crippen LogP contribution is -2.42. The number of oxazole rings is 1. The number of imidazole rings is 1. The molecule has 10 heteroatoms. The molecule has 40 heavy (non-hydrogen) atoms. The first-order valence-electron chi connectivity index (χ1n) is 13.1. The number of fused-ring (bicyclic) bond motifs is 2. The molecule has 0 spiro atoms. The van der Waals surface area contributed by atoms with Crippen LogP contribution in [0.4, 0.5) is 10.3 Å². The maximum absolute atomic E-state index is 13.6. The van der Waals surface area contributed by atoms with Crippen molar-refractivity contribution in [1.82, 2.24) is 29.2 Å². The Morgan fingerprint density at radius 3 is 2.62 bits per heavy atom. The summed E-state index contributed by atoms with van der Waals surface area (Å²) in [5.41, 5.74) is 4.13. The second kappa shape index (κ2) is 9.88. The molecule has 2 aromatic carbocycles. The summed E-state index contributed by atoms with van der Waals surface area (Å²) >= 11 is 0. The first kappa shape index (κ1) is 24.0. The van der Waals surface area contributed by atoms with E-state index in [4.69, 9.17) is 9.40 Å². The monoisotopic (exact) mass is 533 g/mol. The van der Waals surface area contributed by atoms with Crippen LogP contribution in [0.1, 0.15) is 23.2 Å². The second-order valence-corrected chi connectivity index (χ2v) is 9.73. The van der Waals surface area contributed by atoms with Crippen molar-refractivity contribution < 1.29 is 13.6 Å². The molecule has 1 aliphatic rings. The van der Waals surface area contributed by atoms with Crippen molar-refractivity contribution >= 4 is 28.6 Å². The lowest BCUT2D eigenvalue weighted by atomic mass is 10.0. The van der Waals surface area contributed by atoms with Gasteiger partial charge < -0.3 is 14.6 Å². The summed E-state index contributed by atoms with van der Waals surface area (Å²) in [6.07, 6.45) is 8.27. The average molecular weight is 534 g/mol. The van der Waals surface area contributed by atoms with E-state index in [-0.39, 0.29) is 17.8 Å². The molecule has 6 aromatic rings. The van der Waals surface area contributed by atoms with Crippen molar-refractivity contribution in [1.29, 1.82) is 0 Å². The molecule has 7 rings (SSSR count). The van der Waals surface area contributed by atoms with E-state index in [1.54, 1.807) is 37.0 Å². The Morgan fingerprint density at radius 2 is 1.77 bits per heavy atom. The van der Waals surface area contributed by atoms with Gasteiger partial charge in [-0.1, -0.05) is 18.2 Å². The van der Waals surface area contributed by atoms with Gasteiger partial charge in [0.1, 0.15) is 23.5 Å². The predicted molar refractivity (Wildman–Crippen MR) is 148 cm³/mol. The van der Waals surface area contributed by atoms with Crippen molar-refractivity contribution in [3.63, 3.8) is 0 Å². The number of hydrogen-bond donors (Lipinski definition) is 1. The molecule has 1 aliphatic heterocycles. The van der Waals surface area contributed by atoms with Crippen molar-refractivity contribution in [2.45, 2.75) is 18.9 Å². The van der Waals surface area contributed by atoms with E-state index in [0.29, 0.717) is 41.8 Å². The van der Waals surface area contributed by atoms with Gasteiger partial charge in [0, 0.05) is 48.7 Å². The number of pyridine rings is 1. The Kier molecular flexibility index (Phi) is 5.92. The Bertz CT molecular complexity index is 1830. The van der Waals surface area contributed by atoms with Gasteiger partial charge in [-0.25, -0.2) is 14.4 Å². The summed E-state index contributed by atoms with van der Waals surface area (Å²) in [6, 6.07) is 17.6. The number of nitrogens with one attached hydrogen (secondary N) is 1. The van der Waals surface area contributed by atoms with Crippen LogP contribution in [0, 0.1) is 5.82 Å². The Hall–Kier alpha value is -5.12. The Morgan fingerprint density at radius 1 is 0.950 bits per heavy atom. The minimum atomic E-state index is -0.316. The van der Waals surface area contributed by atoms with Gasteiger partial charge in [0.15, 0.2) is 0 Å². The molecule has 4 aromatic heterocycles. The van der Waals surface area contributed by atoms with Gasteiger partial charge in [-0.3, -0.25) is 14.2 Å². The van der Waals surface area contributed by atoms with Crippen LogP contribution in [0.15, 0.2) is 89.9 Å². The van der Waals surface area contributed by atoms with E-state index in [2.05, 4.69) is 20.3 Å². The van der Waals surface area contributed by atoms with Crippen LogP contribution in [0.25, 0.3) is 39.4 Å². The fraction of sp³-hybridized carbons (Fsp3) is 0.167. The van der Waals surface area contributed by atoms with Crippen LogP contribution in [-0.4, -0.2) is 54.3 Å². The lowest BCUT2D eigenvalue weighted by Gasteiger charge is -2.32. The SMILES string of the molecule is O=C(c1cccc2cccnc12)N1CCC(Nc2nccc(-c3c(-c4ccc(F)cc4)nc4occn34)n2)CC1. The molecule has 9 nitrogen and oxygen atoms in total. The molecule has 0 saturated carbocycles. The number of hydrogen-bond acceptors (Lipinski definition) is 7. The smallest absolute Gasteiger partial charge is 0.306 e. The van der Waals surface area contributed by atoms with Gasteiger partial charge in [-0.05, 0) is 55.3 Å². The molecule has 0 aliphatic carbocycles. The number of anilines is 1. The van der Waals surface area contributed by atoms with E-state index in [1.807, 2.05) is 45.7 Å². The number of rotatable bonds is 5. The van der Waals surface area contributed by atoms with Gasteiger partial charge in [0.25, 0.3) is 5.91 Å². The average Bonchev–Trinajstić information content (AvgIpc) is 3.59. The largest absolute Gasteiger partial charge is 0.432 e. The fourth-order valence-electron chi connectivity index (χ4n) is 5.26. The summed E-state index contributed by atoms with van der Waals surface area (Å²) in [5.74, 6) is 0.590. The minimum absolute atomic E-state index is 0.000758. The molecule has 0 atom stereocenters. The molecule has 5 heterocycles. The lowest BCUT2D eigenvalue weighted by molar-refractivity contribution is 0.0720. The molecule has 0 bridgehead atoms. The number of likely N-dealkylation sites (tertiary alicyclic amines) is 1. The Balaban J connectivity index is 1.09. The van der Waals surface area contributed by atoms with Crippen LogP contribution in [0.3, 0.4) is 0 Å². The number of nitrogens with zero attached hydrogens (tertiary/aromatic N) is 6. The van der Waals surface area contributed by atoms with E-state index >= 15 is 0 Å². The highest BCUT2D eigenvalue weighted by atomic mass is 19.1. The molecule has 1 amide bonds. The summed E-state index contributed by atoms with van der Waals surface area (Å²) < 4.78 is 20.9. The van der Waals surface area contributed by atoms with Gasteiger partial charge >= 0.3 is 5.84 Å². The van der Waals surface area contributed by atoms with E-state index in [1.165, 1.54) is 12.1 Å². The zero-order valence-corrected chi connectivity index (χ0v) is 21.4. The zero-order chi connectivity index (χ0) is 27.1. The van der Waals surface area contributed by atoms with Crippen LogP contribution in [-0.2, 0) is 0 Å². The Labute approximate surface area is 228 Å². The normalized spacial score (nSPS) is 14.2. The molecule has 1 fully saturated rings. The number of halogens is 1. The zero-order valence-electron chi connectivity index (χ0n) is 21.4. The first-order valence-corrected chi connectivity index (χ1v) is 13.1. The molecular formula is C30H24FN7O2. The van der Waals surface area contributed by atoms with Crippen LogP contribution < -0.4 is 5.32 Å². The highest BCUT2D eigenvalue weighted by Crippen LogP contribution is 2.32. The second-order valence-electron chi connectivity index (χ2n) is 9.73. The van der Waals surface area contributed by atoms with Crippen LogP contribution in [0.5, 0.6) is 0 Å². The topological polar surface area (TPSA) is 101 Å². The van der Waals surface area contributed by atoms with Crippen molar-refractivity contribution in [2.24, 2.45) is 0 Å². The summed E-state index contributed by atoms with van der Waals surface area (Å²) in [4.78, 5) is 33.5. The maximum atomic E-state index is 13.6. The van der Waals surface area contributed by atoms with Crippen molar-refractivity contribution in [3.05, 3.63) is 96.9 Å². The number of para-hydroxylation sites is 1. The van der Waals surface area contributed by atoms with Gasteiger partial charge in [0.2, 0.25) is 5.95 Å². The van der Waals surface area contributed by atoms with E-state index in [0.717, 1.165) is 35.0 Å². The van der Waals surface area contributed by atoms with E-state index in [9.17, 15) is 9.18 Å². The van der Waals surface area contributed by atoms with Gasteiger partial charge in [0.05, 0.1) is 16.8 Å².